The van der Waals surface area contributed by atoms with E-state index >= 15 is 0 Å². The van der Waals surface area contributed by atoms with Crippen molar-refractivity contribution in [3.05, 3.63) is 12.4 Å². The quantitative estimate of drug-likeness (QED) is 0.348. The second kappa shape index (κ2) is 7.89. The van der Waals surface area contributed by atoms with Crippen molar-refractivity contribution in [3.8, 4) is 0 Å². The Labute approximate surface area is 105 Å². The summed E-state index contributed by atoms with van der Waals surface area (Å²) >= 11 is 1.57. The van der Waals surface area contributed by atoms with Crippen molar-refractivity contribution in [1.29, 1.82) is 0 Å². The lowest BCUT2D eigenvalue weighted by Gasteiger charge is -2.05. The maximum absolute atomic E-state index is 11.1. The smallest absolute Gasteiger partial charge is 0.305 e. The molecule has 5 nitrogen and oxygen atoms in total. The van der Waals surface area contributed by atoms with Crippen molar-refractivity contribution >= 4 is 23.5 Å². The summed E-state index contributed by atoms with van der Waals surface area (Å²) in [6.07, 6.45) is 4.66. The summed E-state index contributed by atoms with van der Waals surface area (Å²) in [4.78, 5) is 19.2. The first-order valence-electron chi connectivity index (χ1n) is 5.51. The summed E-state index contributed by atoms with van der Waals surface area (Å²) < 4.78 is 4.83. The highest BCUT2D eigenvalue weighted by molar-refractivity contribution is 7.98. The molecule has 0 saturated carbocycles. The minimum absolute atomic E-state index is 0.151. The van der Waals surface area contributed by atoms with Crippen LogP contribution in [-0.4, -0.2) is 35.3 Å². The van der Waals surface area contributed by atoms with Crippen LogP contribution >= 0.6 is 11.8 Å². The van der Waals surface area contributed by atoms with Gasteiger partial charge in [-0.3, -0.25) is 4.79 Å². The Morgan fingerprint density at radius 3 is 3.06 bits per heavy atom. The van der Waals surface area contributed by atoms with Gasteiger partial charge in [0.1, 0.15) is 17.2 Å². The average Bonchev–Trinajstić information content (AvgIpc) is 2.35. The van der Waals surface area contributed by atoms with Crippen molar-refractivity contribution in [2.75, 3.05) is 24.7 Å². The van der Waals surface area contributed by atoms with E-state index in [-0.39, 0.29) is 5.97 Å². The van der Waals surface area contributed by atoms with Gasteiger partial charge in [0.05, 0.1) is 6.61 Å². The van der Waals surface area contributed by atoms with Gasteiger partial charge >= 0.3 is 5.97 Å². The van der Waals surface area contributed by atoms with Crippen LogP contribution in [0.15, 0.2) is 17.4 Å². The number of ether oxygens (including phenoxy) is 1. The number of rotatable bonds is 7. The molecule has 0 aliphatic heterocycles. The van der Waals surface area contributed by atoms with Gasteiger partial charge in [0, 0.05) is 19.0 Å². The molecule has 0 aliphatic rings. The number of carbonyl (C=O) groups excluding carboxylic acids is 1. The summed E-state index contributed by atoms with van der Waals surface area (Å²) in [6, 6.07) is 1.88. The minimum atomic E-state index is -0.151. The van der Waals surface area contributed by atoms with Gasteiger partial charge in [0.2, 0.25) is 0 Å². The maximum atomic E-state index is 11.1. The van der Waals surface area contributed by atoms with Crippen LogP contribution in [-0.2, 0) is 9.53 Å². The third-order valence-corrected chi connectivity index (χ3v) is 2.66. The SMILES string of the molecule is CCOC(=O)CCCNc1cc(SC)ncn1. The zero-order valence-corrected chi connectivity index (χ0v) is 10.9. The van der Waals surface area contributed by atoms with Crippen LogP contribution in [0.4, 0.5) is 5.82 Å². The second-order valence-corrected chi connectivity index (χ2v) is 4.11. The van der Waals surface area contributed by atoms with Crippen molar-refractivity contribution in [2.24, 2.45) is 0 Å². The van der Waals surface area contributed by atoms with Crippen molar-refractivity contribution in [3.63, 3.8) is 0 Å². The molecular weight excluding hydrogens is 238 g/mol. The number of carbonyl (C=O) groups is 1. The highest BCUT2D eigenvalue weighted by Gasteiger charge is 2.01. The molecule has 17 heavy (non-hydrogen) atoms. The number of anilines is 1. The zero-order valence-electron chi connectivity index (χ0n) is 10.1. The number of hydrogen-bond acceptors (Lipinski definition) is 6. The van der Waals surface area contributed by atoms with Crippen LogP contribution in [0.25, 0.3) is 0 Å². The molecule has 1 heterocycles. The molecule has 0 radical (unpaired) electrons. The fraction of sp³-hybridized carbons (Fsp3) is 0.545. The Hall–Kier alpha value is -1.30. The third-order valence-electron chi connectivity index (χ3n) is 2.02. The van der Waals surface area contributed by atoms with Gasteiger partial charge in [-0.25, -0.2) is 9.97 Å². The topological polar surface area (TPSA) is 64.1 Å². The van der Waals surface area contributed by atoms with Crippen molar-refractivity contribution in [1.82, 2.24) is 9.97 Å². The van der Waals surface area contributed by atoms with E-state index in [1.807, 2.05) is 12.3 Å². The van der Waals surface area contributed by atoms with Gasteiger partial charge in [-0.15, -0.1) is 11.8 Å². The van der Waals surface area contributed by atoms with Crippen molar-refractivity contribution < 1.29 is 9.53 Å². The van der Waals surface area contributed by atoms with Crippen LogP contribution in [0.1, 0.15) is 19.8 Å². The van der Waals surface area contributed by atoms with Crippen LogP contribution in [0.2, 0.25) is 0 Å². The van der Waals surface area contributed by atoms with Crippen LogP contribution in [0, 0.1) is 0 Å². The molecule has 0 aliphatic carbocycles. The van der Waals surface area contributed by atoms with Gasteiger partial charge in [0.25, 0.3) is 0 Å². The Morgan fingerprint density at radius 1 is 1.53 bits per heavy atom. The van der Waals surface area contributed by atoms with E-state index in [0.717, 1.165) is 17.3 Å². The Balaban J connectivity index is 2.24. The van der Waals surface area contributed by atoms with Crippen LogP contribution in [0.3, 0.4) is 0 Å². The number of hydrogen-bond donors (Lipinski definition) is 1. The van der Waals surface area contributed by atoms with E-state index in [0.29, 0.717) is 19.6 Å². The molecule has 0 atom stereocenters. The third kappa shape index (κ3) is 5.53. The van der Waals surface area contributed by atoms with E-state index in [2.05, 4.69) is 15.3 Å². The minimum Gasteiger partial charge on any atom is -0.466 e. The largest absolute Gasteiger partial charge is 0.466 e. The molecule has 0 bridgehead atoms. The first kappa shape index (κ1) is 13.8. The van der Waals surface area contributed by atoms with E-state index < -0.39 is 0 Å². The molecular formula is C11H17N3O2S. The number of aromatic nitrogens is 2. The van der Waals surface area contributed by atoms with E-state index in [1.54, 1.807) is 18.7 Å². The first-order chi connectivity index (χ1) is 8.26. The molecule has 1 aromatic rings. The number of nitrogens with one attached hydrogen (secondary N) is 1. The van der Waals surface area contributed by atoms with Gasteiger partial charge in [-0.2, -0.15) is 0 Å². The van der Waals surface area contributed by atoms with E-state index in [1.165, 1.54) is 6.33 Å². The number of nitrogens with zero attached hydrogens (tertiary/aromatic N) is 2. The Bertz CT molecular complexity index is 360. The normalized spacial score (nSPS) is 10.0. The summed E-state index contributed by atoms with van der Waals surface area (Å²) in [7, 11) is 0. The monoisotopic (exact) mass is 255 g/mol. The van der Waals surface area contributed by atoms with Gasteiger partial charge in [-0.1, -0.05) is 0 Å². The summed E-state index contributed by atoms with van der Waals surface area (Å²) in [5.74, 6) is 0.634. The molecule has 6 heteroatoms. The van der Waals surface area contributed by atoms with Crippen molar-refractivity contribution in [2.45, 2.75) is 24.8 Å². The molecule has 0 unspecified atom stereocenters. The highest BCUT2D eigenvalue weighted by Crippen LogP contribution is 2.13. The maximum Gasteiger partial charge on any atom is 0.305 e. The predicted molar refractivity (Wildman–Crippen MR) is 68.2 cm³/mol. The molecule has 94 valence electrons. The summed E-state index contributed by atoms with van der Waals surface area (Å²) in [5.41, 5.74) is 0. The van der Waals surface area contributed by atoms with Crippen LogP contribution < -0.4 is 5.32 Å². The molecule has 1 rings (SSSR count). The lowest BCUT2D eigenvalue weighted by atomic mass is 10.3. The van der Waals surface area contributed by atoms with E-state index in [4.69, 9.17) is 4.74 Å². The second-order valence-electron chi connectivity index (χ2n) is 3.28. The molecule has 0 fully saturated rings. The zero-order chi connectivity index (χ0) is 12.5. The lowest BCUT2D eigenvalue weighted by Crippen LogP contribution is -2.09. The number of esters is 1. The predicted octanol–water partition coefficient (Wildman–Crippen LogP) is 1.95. The summed E-state index contributed by atoms with van der Waals surface area (Å²) in [5, 5.41) is 4.07. The van der Waals surface area contributed by atoms with Crippen LogP contribution in [0.5, 0.6) is 0 Å². The first-order valence-corrected chi connectivity index (χ1v) is 6.74. The molecule has 1 aromatic heterocycles. The molecule has 0 saturated heterocycles. The fourth-order valence-electron chi connectivity index (χ4n) is 1.23. The number of thioether (sulfide) groups is 1. The summed E-state index contributed by atoms with van der Waals surface area (Å²) in [6.45, 7) is 2.94. The van der Waals surface area contributed by atoms with Gasteiger partial charge in [-0.05, 0) is 19.6 Å². The molecule has 1 N–H and O–H groups in total. The van der Waals surface area contributed by atoms with Gasteiger partial charge in [0.15, 0.2) is 0 Å². The standard InChI is InChI=1S/C11H17N3O2S/c1-3-16-11(15)5-4-6-12-9-7-10(17-2)14-8-13-9/h7-8H,3-6H2,1-2H3,(H,12,13,14). The van der Waals surface area contributed by atoms with Gasteiger partial charge < -0.3 is 10.1 Å². The molecule has 0 aromatic carbocycles. The lowest BCUT2D eigenvalue weighted by molar-refractivity contribution is -0.143. The van der Waals surface area contributed by atoms with E-state index in [9.17, 15) is 4.79 Å². The Morgan fingerprint density at radius 2 is 2.35 bits per heavy atom. The fourth-order valence-corrected chi connectivity index (χ4v) is 1.61. The Kier molecular flexibility index (Phi) is 6.39. The highest BCUT2D eigenvalue weighted by atomic mass is 32.2. The molecule has 0 spiro atoms. The molecule has 0 amide bonds. The average molecular weight is 255 g/mol.